The molecular formula is C19H24N4O3S. The van der Waals surface area contributed by atoms with Crippen molar-refractivity contribution in [3.05, 3.63) is 35.0 Å². The van der Waals surface area contributed by atoms with Crippen LogP contribution in [0.25, 0.3) is 4.96 Å². The van der Waals surface area contributed by atoms with Crippen LogP contribution in [0.3, 0.4) is 0 Å². The number of hydrogen-bond acceptors (Lipinski definition) is 7. The first-order valence-corrected chi connectivity index (χ1v) is 9.92. The first kappa shape index (κ1) is 18.1. The first-order chi connectivity index (χ1) is 13.1. The lowest BCUT2D eigenvalue weighted by Gasteiger charge is -2.37. The smallest absolute Gasteiger partial charge is 0.230 e. The third-order valence-electron chi connectivity index (χ3n) is 5.30. The normalized spacial score (nSPS) is 17.3. The van der Waals surface area contributed by atoms with Crippen LogP contribution in [-0.2, 0) is 0 Å². The van der Waals surface area contributed by atoms with Gasteiger partial charge in [-0.05, 0) is 37.9 Å². The van der Waals surface area contributed by atoms with E-state index in [9.17, 15) is 5.11 Å². The van der Waals surface area contributed by atoms with Crippen molar-refractivity contribution < 1.29 is 14.6 Å². The summed E-state index contributed by atoms with van der Waals surface area (Å²) in [4.78, 5) is 8.16. The van der Waals surface area contributed by atoms with Gasteiger partial charge < -0.3 is 14.6 Å². The van der Waals surface area contributed by atoms with Crippen molar-refractivity contribution in [3.63, 3.8) is 0 Å². The van der Waals surface area contributed by atoms with Gasteiger partial charge >= 0.3 is 0 Å². The number of nitrogens with zero attached hydrogens (tertiary/aromatic N) is 4. The highest BCUT2D eigenvalue weighted by atomic mass is 32.1. The van der Waals surface area contributed by atoms with Gasteiger partial charge in [-0.2, -0.15) is 9.61 Å². The number of ether oxygens (including phenoxy) is 2. The molecule has 1 unspecified atom stereocenters. The number of piperidine rings is 1. The van der Waals surface area contributed by atoms with E-state index >= 15 is 0 Å². The van der Waals surface area contributed by atoms with Gasteiger partial charge in [0.2, 0.25) is 10.8 Å². The Bertz CT molecular complexity index is 930. The summed E-state index contributed by atoms with van der Waals surface area (Å²) < 4.78 is 12.7. The topological polar surface area (TPSA) is 72.1 Å². The maximum absolute atomic E-state index is 10.9. The molecule has 0 saturated carbocycles. The van der Waals surface area contributed by atoms with Gasteiger partial charge in [-0.3, -0.25) is 4.90 Å². The van der Waals surface area contributed by atoms with E-state index in [4.69, 9.17) is 9.47 Å². The fourth-order valence-electron chi connectivity index (χ4n) is 3.79. The van der Waals surface area contributed by atoms with Crippen molar-refractivity contribution in [3.8, 4) is 17.4 Å². The molecule has 1 atom stereocenters. The average molecular weight is 388 g/mol. The van der Waals surface area contributed by atoms with Gasteiger partial charge in [0.05, 0.1) is 25.1 Å². The lowest BCUT2D eigenvalue weighted by molar-refractivity contribution is 0.155. The number of thiazole rings is 1. The van der Waals surface area contributed by atoms with Gasteiger partial charge in [-0.15, -0.1) is 0 Å². The maximum Gasteiger partial charge on any atom is 0.230 e. The molecule has 2 aromatic heterocycles. The molecule has 0 bridgehead atoms. The van der Waals surface area contributed by atoms with Crippen molar-refractivity contribution in [1.29, 1.82) is 0 Å². The summed E-state index contributed by atoms with van der Waals surface area (Å²) in [5.74, 6) is 2.23. The standard InChI is InChI=1S/C19H24N4O3S/c1-12-7-9-22(10-8-12)15(13-5-4-6-14(25-2)16(13)26-3)17-18(24)23-19(27-17)20-11-21-23/h4-6,11-12,15,24H,7-10H2,1-3H3. The number of aromatic nitrogens is 3. The minimum Gasteiger partial charge on any atom is -0.493 e. The monoisotopic (exact) mass is 388 g/mol. The third kappa shape index (κ3) is 3.12. The highest BCUT2D eigenvalue weighted by Crippen LogP contribution is 2.46. The molecule has 1 aromatic carbocycles. The number of likely N-dealkylation sites (tertiary alicyclic amines) is 1. The van der Waals surface area contributed by atoms with Crippen molar-refractivity contribution in [2.24, 2.45) is 5.92 Å². The minimum absolute atomic E-state index is 0.140. The molecule has 3 aromatic rings. The summed E-state index contributed by atoms with van der Waals surface area (Å²) in [6, 6.07) is 5.75. The van der Waals surface area contributed by atoms with Crippen LogP contribution in [0.2, 0.25) is 0 Å². The lowest BCUT2D eigenvalue weighted by Crippen LogP contribution is -2.36. The number of rotatable bonds is 5. The molecule has 1 saturated heterocycles. The van der Waals surface area contributed by atoms with Gasteiger partial charge in [0.15, 0.2) is 11.5 Å². The zero-order valence-electron chi connectivity index (χ0n) is 15.8. The Morgan fingerprint density at radius 3 is 2.67 bits per heavy atom. The number of aromatic hydroxyl groups is 1. The summed E-state index contributed by atoms with van der Waals surface area (Å²) in [6.45, 7) is 4.21. The summed E-state index contributed by atoms with van der Waals surface area (Å²) >= 11 is 1.46. The van der Waals surface area contributed by atoms with Gasteiger partial charge in [0.25, 0.3) is 0 Å². The molecule has 0 aliphatic carbocycles. The van der Waals surface area contributed by atoms with Gasteiger partial charge in [0.1, 0.15) is 6.33 Å². The first-order valence-electron chi connectivity index (χ1n) is 9.10. The predicted molar refractivity (Wildman–Crippen MR) is 104 cm³/mol. The molecule has 1 aliphatic rings. The van der Waals surface area contributed by atoms with Crippen molar-refractivity contribution in [2.75, 3.05) is 27.3 Å². The Morgan fingerprint density at radius 1 is 1.22 bits per heavy atom. The lowest BCUT2D eigenvalue weighted by atomic mass is 9.94. The Balaban J connectivity index is 1.86. The van der Waals surface area contributed by atoms with E-state index in [1.807, 2.05) is 18.2 Å². The minimum atomic E-state index is -0.143. The zero-order valence-corrected chi connectivity index (χ0v) is 16.6. The van der Waals surface area contributed by atoms with E-state index in [-0.39, 0.29) is 11.9 Å². The zero-order chi connectivity index (χ0) is 19.0. The van der Waals surface area contributed by atoms with Crippen LogP contribution < -0.4 is 9.47 Å². The molecule has 1 aliphatic heterocycles. The quantitative estimate of drug-likeness (QED) is 0.723. The Hall–Kier alpha value is -2.32. The maximum atomic E-state index is 10.9. The van der Waals surface area contributed by atoms with Crippen LogP contribution in [0.5, 0.6) is 17.4 Å². The van der Waals surface area contributed by atoms with Gasteiger partial charge in [0, 0.05) is 5.56 Å². The Labute approximate surface area is 162 Å². The number of hydrogen-bond donors (Lipinski definition) is 1. The second kappa shape index (κ2) is 7.36. The average Bonchev–Trinajstić information content (AvgIpc) is 3.27. The molecule has 27 heavy (non-hydrogen) atoms. The molecule has 0 radical (unpaired) electrons. The third-order valence-corrected chi connectivity index (χ3v) is 6.39. The number of fused-ring (bicyclic) bond motifs is 1. The van der Waals surface area contributed by atoms with Crippen LogP contribution in [0, 0.1) is 5.92 Å². The van der Waals surface area contributed by atoms with Gasteiger partial charge in [-0.25, -0.2) is 4.98 Å². The molecular weight excluding hydrogens is 364 g/mol. The Morgan fingerprint density at radius 2 is 2.00 bits per heavy atom. The van der Waals surface area contributed by atoms with Crippen LogP contribution in [0.15, 0.2) is 24.5 Å². The highest BCUT2D eigenvalue weighted by molar-refractivity contribution is 7.17. The van der Waals surface area contributed by atoms with E-state index in [2.05, 4.69) is 21.9 Å². The van der Waals surface area contributed by atoms with Crippen LogP contribution >= 0.6 is 11.3 Å². The number of benzene rings is 1. The molecule has 7 nitrogen and oxygen atoms in total. The van der Waals surface area contributed by atoms with E-state index in [0.717, 1.165) is 36.4 Å². The summed E-state index contributed by atoms with van der Waals surface area (Å²) in [7, 11) is 3.29. The molecule has 144 valence electrons. The summed E-state index contributed by atoms with van der Waals surface area (Å²) in [5, 5.41) is 15.0. The largest absolute Gasteiger partial charge is 0.493 e. The van der Waals surface area contributed by atoms with E-state index < -0.39 is 0 Å². The second-order valence-electron chi connectivity index (χ2n) is 6.95. The van der Waals surface area contributed by atoms with Crippen molar-refractivity contribution in [1.82, 2.24) is 19.5 Å². The highest BCUT2D eigenvalue weighted by Gasteiger charge is 2.33. The second-order valence-corrected chi connectivity index (χ2v) is 7.96. The summed E-state index contributed by atoms with van der Waals surface area (Å²) in [5.41, 5.74) is 0.978. The molecule has 3 heterocycles. The number of methoxy groups -OCH3 is 2. The summed E-state index contributed by atoms with van der Waals surface area (Å²) in [6.07, 6.45) is 3.72. The molecule has 0 amide bonds. The Kier molecular flexibility index (Phi) is 4.92. The van der Waals surface area contributed by atoms with E-state index in [1.54, 1.807) is 14.2 Å². The van der Waals surface area contributed by atoms with Crippen molar-refractivity contribution >= 4 is 16.3 Å². The molecule has 1 N–H and O–H groups in total. The van der Waals surface area contributed by atoms with E-state index in [0.29, 0.717) is 22.4 Å². The number of para-hydroxylation sites is 1. The SMILES string of the molecule is COc1cccc(C(c2sc3ncnn3c2O)N2CCC(C)CC2)c1OC. The van der Waals surface area contributed by atoms with E-state index in [1.165, 1.54) is 22.2 Å². The molecule has 1 fully saturated rings. The van der Waals surface area contributed by atoms with Crippen LogP contribution in [0.4, 0.5) is 0 Å². The van der Waals surface area contributed by atoms with Crippen molar-refractivity contribution in [2.45, 2.75) is 25.8 Å². The van der Waals surface area contributed by atoms with Crippen LogP contribution in [-0.4, -0.2) is 51.9 Å². The predicted octanol–water partition coefficient (Wildman–Crippen LogP) is 3.33. The molecule has 8 heteroatoms. The molecule has 0 spiro atoms. The fraction of sp³-hybridized carbons (Fsp3) is 0.474. The van der Waals surface area contributed by atoms with Gasteiger partial charge in [-0.1, -0.05) is 30.4 Å². The van der Waals surface area contributed by atoms with Crippen LogP contribution in [0.1, 0.15) is 36.2 Å². The molecule has 4 rings (SSSR count). The fourth-order valence-corrected chi connectivity index (χ4v) is 4.87.